The van der Waals surface area contributed by atoms with Crippen LogP contribution >= 0.6 is 0 Å². The van der Waals surface area contributed by atoms with E-state index >= 15 is 0 Å². The molecule has 8 bridgehead atoms. The maximum absolute atomic E-state index is 12.1. The minimum atomic E-state index is -0.423. The molecule has 0 saturated heterocycles. The van der Waals surface area contributed by atoms with Gasteiger partial charge in [0.1, 0.15) is 0 Å². The van der Waals surface area contributed by atoms with Crippen molar-refractivity contribution in [1.29, 1.82) is 0 Å². The summed E-state index contributed by atoms with van der Waals surface area (Å²) in [5.41, 5.74) is 14.8. The van der Waals surface area contributed by atoms with Crippen molar-refractivity contribution in [3.63, 3.8) is 0 Å². The zero-order chi connectivity index (χ0) is 36.2. The molecule has 0 unspecified atom stereocenters. The Morgan fingerprint density at radius 3 is 1.35 bits per heavy atom. The summed E-state index contributed by atoms with van der Waals surface area (Å²) < 4.78 is 9.74. The summed E-state index contributed by atoms with van der Waals surface area (Å²) >= 11 is 0. The lowest BCUT2D eigenvalue weighted by atomic mass is 10.0. The number of nitrogens with zero attached hydrogens (tertiary/aromatic N) is 2. The van der Waals surface area contributed by atoms with Crippen molar-refractivity contribution in [3.05, 3.63) is 142 Å². The van der Waals surface area contributed by atoms with E-state index in [1.165, 1.54) is 26.4 Å². The fraction of sp³-hybridized carbons (Fsp3) is 0.136. The van der Waals surface area contributed by atoms with Crippen molar-refractivity contribution in [2.75, 3.05) is 14.2 Å². The molecule has 8 nitrogen and oxygen atoms in total. The number of carbonyl (C=O) groups excluding carboxylic acids is 2. The summed E-state index contributed by atoms with van der Waals surface area (Å²) in [4.78, 5) is 41.9. The average molecular weight is 687 g/mol. The Bertz CT molecular complexity index is 2330. The molecule has 2 N–H and O–H groups in total. The fourth-order valence-electron chi connectivity index (χ4n) is 6.48. The highest BCUT2D eigenvalue weighted by atomic mass is 16.5. The van der Waals surface area contributed by atoms with E-state index in [9.17, 15) is 9.59 Å². The van der Waals surface area contributed by atoms with Crippen LogP contribution in [0.15, 0.2) is 97.1 Å². The molecule has 0 spiro atoms. The molecule has 0 fully saturated rings. The van der Waals surface area contributed by atoms with Gasteiger partial charge < -0.3 is 19.4 Å². The molecule has 0 saturated carbocycles. The van der Waals surface area contributed by atoms with Gasteiger partial charge in [-0.3, -0.25) is 0 Å². The van der Waals surface area contributed by atoms with Crippen molar-refractivity contribution in [3.8, 4) is 22.3 Å². The highest BCUT2D eigenvalue weighted by Gasteiger charge is 2.18. The number of rotatable bonds is 8. The third-order valence-corrected chi connectivity index (χ3v) is 9.21. The zero-order valence-corrected chi connectivity index (χ0v) is 29.5. The molecule has 2 aromatic carbocycles. The molecular formula is C44H38N4O4. The minimum Gasteiger partial charge on any atom is -0.466 e. The maximum atomic E-state index is 12.1. The third kappa shape index (κ3) is 7.04. The number of hydrogen-bond donors (Lipinski definition) is 2. The number of nitrogens with one attached hydrogen (secondary N) is 2. The highest BCUT2D eigenvalue weighted by molar-refractivity contribution is 5.94. The van der Waals surface area contributed by atoms with Crippen LogP contribution in [0.4, 0.5) is 0 Å². The predicted octanol–water partition coefficient (Wildman–Crippen LogP) is 9.15. The summed E-state index contributed by atoms with van der Waals surface area (Å²) in [5.74, 6) is -0.834. The average Bonchev–Trinajstić information content (AvgIpc) is 3.99. The van der Waals surface area contributed by atoms with Gasteiger partial charge in [-0.25, -0.2) is 19.6 Å². The number of aromatic nitrogens is 4. The Morgan fingerprint density at radius 1 is 0.538 bits per heavy atom. The van der Waals surface area contributed by atoms with Gasteiger partial charge in [-0.2, -0.15) is 0 Å². The first kappa shape index (κ1) is 33.9. The van der Waals surface area contributed by atoms with Crippen LogP contribution in [0.25, 0.3) is 68.6 Å². The van der Waals surface area contributed by atoms with E-state index in [-0.39, 0.29) is 0 Å². The van der Waals surface area contributed by atoms with Gasteiger partial charge in [0.05, 0.1) is 37.0 Å². The highest BCUT2D eigenvalue weighted by Crippen LogP contribution is 2.35. The molecule has 258 valence electrons. The Labute approximate surface area is 301 Å². The van der Waals surface area contributed by atoms with Crippen molar-refractivity contribution in [2.24, 2.45) is 0 Å². The van der Waals surface area contributed by atoms with Gasteiger partial charge in [-0.1, -0.05) is 71.8 Å². The van der Waals surface area contributed by atoms with Crippen LogP contribution in [0.3, 0.4) is 0 Å². The van der Waals surface area contributed by atoms with Crippen LogP contribution in [0.1, 0.15) is 45.0 Å². The Kier molecular flexibility index (Phi) is 9.62. The molecule has 0 amide bonds. The number of carbonyl (C=O) groups is 2. The monoisotopic (exact) mass is 686 g/mol. The van der Waals surface area contributed by atoms with E-state index < -0.39 is 11.9 Å². The standard InChI is InChI=1S/C44H38N4O4/c1-27-11-15-29(16-12-27)43-37-23-19-33(45-37)31(7-5-9-41(49)51-3)35-21-25-39(47-35)44(30-17-13-28(2)14-18-30)40-26-22-36(48-40)32(8-6-10-42(50)52-4)34-20-24-38(43)46-34/h5-6,9-26,45,47H,7-8H2,1-4H3/b9-5+,10-6+,33-31?,34-32?,35-31?,36-32?,43-37?,43-38?,44-39?,44-40?. The number of esters is 2. The van der Waals surface area contributed by atoms with Gasteiger partial charge in [0, 0.05) is 56.5 Å². The van der Waals surface area contributed by atoms with E-state index in [1.807, 2.05) is 30.4 Å². The lowest BCUT2D eigenvalue weighted by molar-refractivity contribution is -0.135. The number of H-pyrrole nitrogens is 2. The van der Waals surface area contributed by atoms with Gasteiger partial charge in [-0.15, -0.1) is 0 Å². The Morgan fingerprint density at radius 2 is 0.923 bits per heavy atom. The second-order valence-electron chi connectivity index (χ2n) is 12.7. The smallest absolute Gasteiger partial charge is 0.330 e. The minimum absolute atomic E-state index is 0.411. The van der Waals surface area contributed by atoms with Crippen LogP contribution in [0.2, 0.25) is 0 Å². The first-order chi connectivity index (χ1) is 25.3. The predicted molar refractivity (Wildman–Crippen MR) is 209 cm³/mol. The maximum Gasteiger partial charge on any atom is 0.330 e. The number of fused-ring (bicyclic) bond motifs is 8. The Hall–Kier alpha value is -6.54. The number of benzene rings is 2. The third-order valence-electron chi connectivity index (χ3n) is 9.21. The summed E-state index contributed by atoms with van der Waals surface area (Å²) in [6.45, 7) is 4.14. The van der Waals surface area contributed by atoms with E-state index in [1.54, 1.807) is 6.08 Å². The lowest BCUT2D eigenvalue weighted by Gasteiger charge is -2.06. The molecule has 3 aromatic heterocycles. The first-order valence-corrected chi connectivity index (χ1v) is 17.1. The molecular weight excluding hydrogens is 649 g/mol. The fourth-order valence-corrected chi connectivity index (χ4v) is 6.48. The summed E-state index contributed by atoms with van der Waals surface area (Å²) in [7, 11) is 2.74. The number of aryl methyl sites for hydroxylation is 2. The van der Waals surface area contributed by atoms with Crippen LogP contribution < -0.4 is 0 Å². The summed E-state index contributed by atoms with van der Waals surface area (Å²) in [6, 6.07) is 25.1. The lowest BCUT2D eigenvalue weighted by Crippen LogP contribution is -1.97. The van der Waals surface area contributed by atoms with Gasteiger partial charge in [-0.05, 0) is 86.4 Å². The number of aromatic amines is 2. The van der Waals surface area contributed by atoms with E-state index in [0.717, 1.165) is 89.4 Å². The second-order valence-corrected chi connectivity index (χ2v) is 12.7. The van der Waals surface area contributed by atoms with E-state index in [0.29, 0.717) is 12.8 Å². The number of allylic oxidation sites excluding steroid dienone is 2. The number of ether oxygens (including phenoxy) is 2. The molecule has 0 atom stereocenters. The van der Waals surface area contributed by atoms with Crippen LogP contribution in [-0.4, -0.2) is 46.1 Å². The first-order valence-electron chi connectivity index (χ1n) is 17.1. The molecule has 52 heavy (non-hydrogen) atoms. The van der Waals surface area contributed by atoms with Gasteiger partial charge in [0.15, 0.2) is 0 Å². The molecule has 0 aliphatic carbocycles. The molecule has 0 radical (unpaired) electrons. The van der Waals surface area contributed by atoms with Crippen molar-refractivity contribution >= 4 is 58.3 Å². The molecule has 5 heterocycles. The molecule has 8 heteroatoms. The molecule has 7 rings (SSSR count). The van der Waals surface area contributed by atoms with E-state index in [4.69, 9.17) is 19.4 Å². The Balaban J connectivity index is 1.60. The zero-order valence-electron chi connectivity index (χ0n) is 29.5. The van der Waals surface area contributed by atoms with E-state index in [2.05, 4.69) is 96.6 Å². The van der Waals surface area contributed by atoms with Crippen molar-refractivity contribution < 1.29 is 19.1 Å². The van der Waals surface area contributed by atoms with Crippen molar-refractivity contribution in [2.45, 2.75) is 26.7 Å². The summed E-state index contributed by atoms with van der Waals surface area (Å²) in [6.07, 6.45) is 15.5. The van der Waals surface area contributed by atoms with Crippen LogP contribution in [0, 0.1) is 13.8 Å². The molecule has 2 aliphatic heterocycles. The molecule has 2 aliphatic rings. The second kappa shape index (κ2) is 14.7. The number of methoxy groups -OCH3 is 2. The quantitative estimate of drug-likeness (QED) is 0.122. The molecule has 5 aromatic rings. The topological polar surface area (TPSA) is 110 Å². The van der Waals surface area contributed by atoms with Gasteiger partial charge in [0.2, 0.25) is 0 Å². The van der Waals surface area contributed by atoms with Crippen LogP contribution in [0.5, 0.6) is 0 Å². The van der Waals surface area contributed by atoms with Gasteiger partial charge >= 0.3 is 11.9 Å². The largest absolute Gasteiger partial charge is 0.466 e. The van der Waals surface area contributed by atoms with Crippen molar-refractivity contribution in [1.82, 2.24) is 19.9 Å². The summed E-state index contributed by atoms with van der Waals surface area (Å²) in [5, 5.41) is 0. The van der Waals surface area contributed by atoms with Crippen LogP contribution in [-0.2, 0) is 31.9 Å². The number of hydrogen-bond acceptors (Lipinski definition) is 6. The normalized spacial score (nSPS) is 12.2. The van der Waals surface area contributed by atoms with Gasteiger partial charge in [0.25, 0.3) is 0 Å². The SMILES string of the molecule is COC(=O)/C=C/Cc1c2nc(c(-c3ccc(C)cc3)c3ccc([nH]3)c(C/C=C/C(=O)OC)c3ccc([nH]3)c(-c3ccc(C)cc3)c3nc1C=C3)C=C2.